The average molecular weight is 450 g/mol. The molecule has 156 valence electrons. The first-order valence-corrected chi connectivity index (χ1v) is 10.9. The molecule has 2 heterocycles. The van der Waals surface area contributed by atoms with Crippen molar-refractivity contribution in [2.75, 3.05) is 12.5 Å². The number of nitrogens with one attached hydrogen (secondary N) is 1. The van der Waals surface area contributed by atoms with Crippen molar-refractivity contribution >= 4 is 27.3 Å². The third kappa shape index (κ3) is 4.55. The van der Waals surface area contributed by atoms with E-state index in [1.54, 1.807) is 18.2 Å². The Hall–Kier alpha value is -3.11. The Bertz CT molecular complexity index is 1180. The second-order valence-electron chi connectivity index (χ2n) is 6.41. The molecular formula is C19H16ClN3O6S. The number of benzene rings is 2. The summed E-state index contributed by atoms with van der Waals surface area (Å²) in [6.07, 6.45) is 0.00387. The van der Waals surface area contributed by atoms with E-state index in [4.69, 9.17) is 25.6 Å². The molecule has 0 radical (unpaired) electrons. The Morgan fingerprint density at radius 1 is 1.10 bits per heavy atom. The number of nitrogens with zero attached hydrogens (tertiary/aromatic N) is 2. The molecule has 2 aromatic carbocycles. The maximum Gasteiger partial charge on any atom is 0.315 e. The second-order valence-corrected chi connectivity index (χ2v) is 8.95. The van der Waals surface area contributed by atoms with E-state index in [1.165, 1.54) is 24.3 Å². The van der Waals surface area contributed by atoms with Crippen molar-refractivity contribution in [1.82, 2.24) is 15.5 Å². The number of sulfone groups is 1. The van der Waals surface area contributed by atoms with Crippen LogP contribution in [-0.2, 0) is 22.8 Å². The molecule has 1 aromatic heterocycles. The summed E-state index contributed by atoms with van der Waals surface area (Å²) in [4.78, 5) is 16.3. The van der Waals surface area contributed by atoms with Crippen molar-refractivity contribution < 1.29 is 27.2 Å². The van der Waals surface area contributed by atoms with Crippen LogP contribution in [0.4, 0.5) is 0 Å². The van der Waals surface area contributed by atoms with Crippen molar-refractivity contribution in [2.45, 2.75) is 17.9 Å². The highest BCUT2D eigenvalue weighted by atomic mass is 35.5. The molecule has 1 amide bonds. The molecule has 1 N–H and O–H groups in total. The molecule has 9 nitrogen and oxygen atoms in total. The Kier molecular flexibility index (Phi) is 5.60. The molecular weight excluding hydrogens is 434 g/mol. The standard InChI is InChI=1S/C19H16ClN3O6S/c20-13-2-4-14(5-3-13)30(25,26)8-7-17-22-19(29-23-17)18(24)21-10-12-1-6-15-16(9-12)28-11-27-15/h1-6,9H,7-8,10-11H2,(H,21,24). The number of carbonyl (C=O) groups excluding carboxylic acids is 1. The lowest BCUT2D eigenvalue weighted by atomic mass is 10.2. The van der Waals surface area contributed by atoms with Crippen LogP contribution in [0.2, 0.25) is 5.02 Å². The van der Waals surface area contributed by atoms with E-state index < -0.39 is 15.7 Å². The van der Waals surface area contributed by atoms with Gasteiger partial charge in [0.1, 0.15) is 0 Å². The first-order valence-electron chi connectivity index (χ1n) is 8.88. The normalized spacial score (nSPS) is 12.7. The van der Waals surface area contributed by atoms with Crippen LogP contribution in [0.1, 0.15) is 22.1 Å². The van der Waals surface area contributed by atoms with Crippen molar-refractivity contribution in [3.05, 3.63) is 64.8 Å². The Morgan fingerprint density at radius 2 is 1.87 bits per heavy atom. The van der Waals surface area contributed by atoms with Gasteiger partial charge in [0.05, 0.1) is 10.6 Å². The fourth-order valence-corrected chi connectivity index (χ4v) is 4.11. The lowest BCUT2D eigenvalue weighted by Gasteiger charge is -2.04. The minimum absolute atomic E-state index is 0.00387. The first-order chi connectivity index (χ1) is 14.4. The SMILES string of the molecule is O=C(NCc1ccc2c(c1)OCO2)c1nc(CCS(=O)(=O)c2ccc(Cl)cc2)no1. The summed E-state index contributed by atoms with van der Waals surface area (Å²) in [5, 5.41) is 6.79. The third-order valence-corrected chi connectivity index (χ3v) is 6.30. The molecule has 30 heavy (non-hydrogen) atoms. The lowest BCUT2D eigenvalue weighted by molar-refractivity contribution is 0.0907. The summed E-state index contributed by atoms with van der Waals surface area (Å²) in [6, 6.07) is 11.2. The molecule has 1 aliphatic rings. The number of amides is 1. The number of aryl methyl sites for hydroxylation is 1. The molecule has 0 saturated carbocycles. The van der Waals surface area contributed by atoms with E-state index in [2.05, 4.69) is 15.5 Å². The largest absolute Gasteiger partial charge is 0.454 e. The summed E-state index contributed by atoms with van der Waals surface area (Å²) in [5.74, 6) is 0.359. The van der Waals surface area contributed by atoms with Crippen molar-refractivity contribution in [2.24, 2.45) is 0 Å². The van der Waals surface area contributed by atoms with Gasteiger partial charge in [-0.15, -0.1) is 0 Å². The highest BCUT2D eigenvalue weighted by molar-refractivity contribution is 7.91. The molecule has 0 atom stereocenters. The van der Waals surface area contributed by atoms with Gasteiger partial charge in [0, 0.05) is 18.0 Å². The molecule has 0 bridgehead atoms. The van der Waals surface area contributed by atoms with Crippen LogP contribution in [0.25, 0.3) is 0 Å². The fraction of sp³-hybridized carbons (Fsp3) is 0.211. The molecule has 0 fully saturated rings. The van der Waals surface area contributed by atoms with E-state index in [0.29, 0.717) is 16.5 Å². The van der Waals surface area contributed by atoms with Crippen LogP contribution in [0.15, 0.2) is 51.9 Å². The van der Waals surface area contributed by atoms with Gasteiger partial charge in [-0.05, 0) is 42.0 Å². The average Bonchev–Trinajstić information content (AvgIpc) is 3.40. The van der Waals surface area contributed by atoms with Crippen LogP contribution < -0.4 is 14.8 Å². The predicted molar refractivity (Wildman–Crippen MR) is 105 cm³/mol. The molecule has 0 spiro atoms. The van der Waals surface area contributed by atoms with Gasteiger partial charge in [0.2, 0.25) is 6.79 Å². The number of ether oxygens (including phenoxy) is 2. The summed E-state index contributed by atoms with van der Waals surface area (Å²) >= 11 is 5.78. The minimum Gasteiger partial charge on any atom is -0.454 e. The third-order valence-electron chi connectivity index (χ3n) is 4.32. The number of fused-ring (bicyclic) bond motifs is 1. The van der Waals surface area contributed by atoms with Gasteiger partial charge < -0.3 is 19.3 Å². The second kappa shape index (κ2) is 8.33. The number of aromatic nitrogens is 2. The lowest BCUT2D eigenvalue weighted by Crippen LogP contribution is -2.23. The van der Waals surface area contributed by atoms with Crippen LogP contribution in [0.3, 0.4) is 0 Å². The number of hydrogen-bond donors (Lipinski definition) is 1. The van der Waals surface area contributed by atoms with Crippen LogP contribution in [0, 0.1) is 0 Å². The summed E-state index contributed by atoms with van der Waals surface area (Å²) in [6.45, 7) is 0.391. The molecule has 3 aromatic rings. The zero-order valence-electron chi connectivity index (χ0n) is 15.5. The molecule has 11 heteroatoms. The van der Waals surface area contributed by atoms with Crippen molar-refractivity contribution in [3.63, 3.8) is 0 Å². The fourth-order valence-electron chi connectivity index (χ4n) is 2.74. The van der Waals surface area contributed by atoms with Crippen LogP contribution >= 0.6 is 11.6 Å². The van der Waals surface area contributed by atoms with E-state index in [-0.39, 0.29) is 42.1 Å². The van der Waals surface area contributed by atoms with Gasteiger partial charge in [0.15, 0.2) is 27.2 Å². The number of hydrogen-bond acceptors (Lipinski definition) is 8. The zero-order chi connectivity index (χ0) is 21.1. The highest BCUT2D eigenvalue weighted by Crippen LogP contribution is 2.32. The molecule has 0 aliphatic carbocycles. The Morgan fingerprint density at radius 3 is 2.67 bits per heavy atom. The van der Waals surface area contributed by atoms with Gasteiger partial charge in [0.25, 0.3) is 0 Å². The van der Waals surface area contributed by atoms with E-state index in [1.807, 2.05) is 0 Å². The van der Waals surface area contributed by atoms with Crippen molar-refractivity contribution in [3.8, 4) is 11.5 Å². The summed E-state index contributed by atoms with van der Waals surface area (Å²) < 4.78 is 40.2. The van der Waals surface area contributed by atoms with Crippen LogP contribution in [-0.4, -0.2) is 37.0 Å². The Balaban J connectivity index is 1.33. The molecule has 1 aliphatic heterocycles. The smallest absolute Gasteiger partial charge is 0.315 e. The van der Waals surface area contributed by atoms with E-state index in [0.717, 1.165) is 5.56 Å². The highest BCUT2D eigenvalue weighted by Gasteiger charge is 2.19. The van der Waals surface area contributed by atoms with E-state index in [9.17, 15) is 13.2 Å². The predicted octanol–water partition coefficient (Wildman–Crippen LogP) is 2.40. The molecule has 4 rings (SSSR count). The van der Waals surface area contributed by atoms with Gasteiger partial charge in [-0.3, -0.25) is 4.79 Å². The number of carbonyl (C=O) groups is 1. The summed E-state index contributed by atoms with van der Waals surface area (Å²) in [5.41, 5.74) is 0.807. The van der Waals surface area contributed by atoms with Gasteiger partial charge in [-0.1, -0.05) is 22.8 Å². The number of halogens is 1. The van der Waals surface area contributed by atoms with Gasteiger partial charge in [-0.2, -0.15) is 4.98 Å². The maximum atomic E-state index is 12.4. The maximum absolute atomic E-state index is 12.4. The monoisotopic (exact) mass is 449 g/mol. The topological polar surface area (TPSA) is 121 Å². The van der Waals surface area contributed by atoms with Gasteiger partial charge in [-0.25, -0.2) is 8.42 Å². The minimum atomic E-state index is -3.54. The quantitative estimate of drug-likeness (QED) is 0.583. The van der Waals surface area contributed by atoms with Crippen molar-refractivity contribution in [1.29, 1.82) is 0 Å². The number of rotatable bonds is 7. The van der Waals surface area contributed by atoms with Gasteiger partial charge >= 0.3 is 11.8 Å². The molecule has 0 unspecified atom stereocenters. The molecule has 0 saturated heterocycles. The van der Waals surface area contributed by atoms with E-state index >= 15 is 0 Å². The summed E-state index contributed by atoms with van der Waals surface area (Å²) in [7, 11) is -3.54. The zero-order valence-corrected chi connectivity index (χ0v) is 17.1. The Labute approximate surface area is 176 Å². The first kappa shape index (κ1) is 20.2. The van der Waals surface area contributed by atoms with Crippen LogP contribution in [0.5, 0.6) is 11.5 Å².